The van der Waals surface area contributed by atoms with E-state index in [9.17, 15) is 14.4 Å². The van der Waals surface area contributed by atoms with Gasteiger partial charge in [0.15, 0.2) is 5.69 Å². The minimum absolute atomic E-state index is 0.0315. The molecule has 0 bridgehead atoms. The predicted molar refractivity (Wildman–Crippen MR) is 133 cm³/mol. The lowest BCUT2D eigenvalue weighted by Gasteiger charge is -2.39. The standard InChI is InChI=1S/C27H30N4O4/c1-18-16-30(17-19(2)35-18)25(32)20-12-14-29(15-13-20)27(34)24-22-10-6-7-11-23(22)26(33)31(28-24)21-8-4-3-5-9-21/h3-11,18-20H,12-17H2,1-2H3. The summed E-state index contributed by atoms with van der Waals surface area (Å²) in [6, 6.07) is 16.2. The number of morpholine rings is 1. The van der Waals surface area contributed by atoms with Crippen molar-refractivity contribution >= 4 is 22.6 Å². The summed E-state index contributed by atoms with van der Waals surface area (Å²) < 4.78 is 7.06. The first-order valence-corrected chi connectivity index (χ1v) is 12.2. The molecular formula is C27H30N4O4. The molecule has 0 spiro atoms. The molecule has 2 aliphatic rings. The molecule has 182 valence electrons. The van der Waals surface area contributed by atoms with E-state index in [0.717, 1.165) is 0 Å². The zero-order valence-electron chi connectivity index (χ0n) is 20.1. The number of para-hydroxylation sites is 1. The van der Waals surface area contributed by atoms with Gasteiger partial charge in [-0.2, -0.15) is 9.78 Å². The van der Waals surface area contributed by atoms with Gasteiger partial charge in [-0.25, -0.2) is 0 Å². The number of hydrogen-bond acceptors (Lipinski definition) is 5. The lowest BCUT2D eigenvalue weighted by atomic mass is 9.94. The Morgan fingerprint density at radius 2 is 1.46 bits per heavy atom. The van der Waals surface area contributed by atoms with E-state index in [1.165, 1.54) is 4.68 Å². The van der Waals surface area contributed by atoms with Crippen LogP contribution >= 0.6 is 0 Å². The van der Waals surface area contributed by atoms with Gasteiger partial charge in [0.25, 0.3) is 11.5 Å². The number of likely N-dealkylation sites (tertiary alicyclic amines) is 1. The summed E-state index contributed by atoms with van der Waals surface area (Å²) >= 11 is 0. The van der Waals surface area contributed by atoms with Gasteiger partial charge in [-0.05, 0) is 44.9 Å². The van der Waals surface area contributed by atoms with Crippen molar-refractivity contribution in [1.82, 2.24) is 19.6 Å². The molecule has 2 saturated heterocycles. The molecule has 8 nitrogen and oxygen atoms in total. The van der Waals surface area contributed by atoms with Crippen molar-refractivity contribution in [3.05, 3.63) is 70.6 Å². The van der Waals surface area contributed by atoms with E-state index < -0.39 is 0 Å². The van der Waals surface area contributed by atoms with Crippen molar-refractivity contribution in [1.29, 1.82) is 0 Å². The Hall–Kier alpha value is -3.52. The number of carbonyl (C=O) groups is 2. The molecule has 0 aliphatic carbocycles. The van der Waals surface area contributed by atoms with E-state index in [4.69, 9.17) is 4.74 Å². The minimum atomic E-state index is -0.262. The number of carbonyl (C=O) groups excluding carboxylic acids is 2. The average molecular weight is 475 g/mol. The number of rotatable bonds is 3. The van der Waals surface area contributed by atoms with Gasteiger partial charge in [-0.3, -0.25) is 14.4 Å². The largest absolute Gasteiger partial charge is 0.372 e. The van der Waals surface area contributed by atoms with E-state index in [2.05, 4.69) is 5.10 Å². The number of benzene rings is 2. The van der Waals surface area contributed by atoms with Crippen LogP contribution in [0.25, 0.3) is 16.5 Å². The van der Waals surface area contributed by atoms with Crippen molar-refractivity contribution in [2.24, 2.45) is 5.92 Å². The van der Waals surface area contributed by atoms with Gasteiger partial charge in [-0.1, -0.05) is 36.4 Å². The van der Waals surface area contributed by atoms with Crippen molar-refractivity contribution in [2.75, 3.05) is 26.2 Å². The highest BCUT2D eigenvalue weighted by Crippen LogP contribution is 2.24. The maximum Gasteiger partial charge on any atom is 0.279 e. The summed E-state index contributed by atoms with van der Waals surface area (Å²) in [5.41, 5.74) is 0.599. The quantitative estimate of drug-likeness (QED) is 0.583. The Morgan fingerprint density at radius 1 is 0.857 bits per heavy atom. The van der Waals surface area contributed by atoms with Gasteiger partial charge in [-0.15, -0.1) is 0 Å². The Morgan fingerprint density at radius 3 is 2.11 bits per heavy atom. The van der Waals surface area contributed by atoms with Crippen molar-refractivity contribution in [2.45, 2.75) is 38.9 Å². The fraction of sp³-hybridized carbons (Fsp3) is 0.407. The molecule has 3 heterocycles. The summed E-state index contributed by atoms with van der Waals surface area (Å²) in [6.45, 7) is 6.15. The van der Waals surface area contributed by atoms with Crippen molar-refractivity contribution in [3.63, 3.8) is 0 Å². The molecule has 2 amide bonds. The van der Waals surface area contributed by atoms with Gasteiger partial charge in [0, 0.05) is 37.5 Å². The molecule has 2 unspecified atom stereocenters. The summed E-state index contributed by atoms with van der Waals surface area (Å²) in [7, 11) is 0. The van der Waals surface area contributed by atoms with Crippen LogP contribution < -0.4 is 5.56 Å². The maximum atomic E-state index is 13.6. The van der Waals surface area contributed by atoms with Gasteiger partial charge < -0.3 is 14.5 Å². The highest BCUT2D eigenvalue weighted by molar-refractivity contribution is 6.05. The summed E-state index contributed by atoms with van der Waals surface area (Å²) in [5, 5.41) is 5.51. The Balaban J connectivity index is 1.37. The van der Waals surface area contributed by atoms with Crippen LogP contribution in [-0.2, 0) is 9.53 Å². The molecule has 1 aromatic heterocycles. The minimum Gasteiger partial charge on any atom is -0.372 e. The first-order chi connectivity index (χ1) is 16.9. The van der Waals surface area contributed by atoms with Crippen LogP contribution in [0.15, 0.2) is 59.4 Å². The van der Waals surface area contributed by atoms with Crippen LogP contribution in [0, 0.1) is 5.92 Å². The second-order valence-corrected chi connectivity index (χ2v) is 9.51. The molecule has 5 rings (SSSR count). The molecule has 0 saturated carbocycles. The van der Waals surface area contributed by atoms with Crippen LogP contribution in [0.1, 0.15) is 37.2 Å². The van der Waals surface area contributed by atoms with Gasteiger partial charge in [0.2, 0.25) is 5.91 Å². The summed E-state index contributed by atoms with van der Waals surface area (Å²) in [4.78, 5) is 43.5. The van der Waals surface area contributed by atoms with E-state index >= 15 is 0 Å². The van der Waals surface area contributed by atoms with E-state index in [0.29, 0.717) is 55.5 Å². The molecule has 0 N–H and O–H groups in total. The SMILES string of the molecule is CC1CN(C(=O)C2CCN(C(=O)c3nn(-c4ccccc4)c(=O)c4ccccc34)CC2)CC(C)O1. The smallest absolute Gasteiger partial charge is 0.279 e. The third kappa shape index (κ3) is 4.58. The van der Waals surface area contributed by atoms with Crippen molar-refractivity contribution < 1.29 is 14.3 Å². The highest BCUT2D eigenvalue weighted by Gasteiger charge is 2.34. The predicted octanol–water partition coefficient (Wildman–Crippen LogP) is 2.87. The van der Waals surface area contributed by atoms with Gasteiger partial charge >= 0.3 is 0 Å². The van der Waals surface area contributed by atoms with Crippen LogP contribution in [0.4, 0.5) is 0 Å². The Bertz CT molecular complexity index is 1290. The maximum absolute atomic E-state index is 13.6. The number of hydrogen-bond donors (Lipinski definition) is 0. The molecular weight excluding hydrogens is 444 g/mol. The Kier molecular flexibility index (Phi) is 6.38. The molecule has 2 atom stereocenters. The number of ether oxygens (including phenoxy) is 1. The van der Waals surface area contributed by atoms with Crippen LogP contribution in [-0.4, -0.2) is 69.8 Å². The van der Waals surface area contributed by atoms with Crippen LogP contribution in [0.2, 0.25) is 0 Å². The molecule has 35 heavy (non-hydrogen) atoms. The monoisotopic (exact) mass is 474 g/mol. The zero-order chi connectivity index (χ0) is 24.5. The number of nitrogens with zero attached hydrogens (tertiary/aromatic N) is 4. The number of aromatic nitrogens is 2. The lowest BCUT2D eigenvalue weighted by Crippen LogP contribution is -2.51. The third-order valence-corrected chi connectivity index (χ3v) is 6.87. The van der Waals surface area contributed by atoms with Crippen LogP contribution in [0.3, 0.4) is 0 Å². The van der Waals surface area contributed by atoms with E-state index in [1.807, 2.05) is 43.0 Å². The summed E-state index contributed by atoms with van der Waals surface area (Å²) in [6.07, 6.45) is 1.29. The third-order valence-electron chi connectivity index (χ3n) is 6.87. The lowest BCUT2D eigenvalue weighted by molar-refractivity contribution is -0.148. The van der Waals surface area contributed by atoms with Crippen LogP contribution in [0.5, 0.6) is 0 Å². The Labute approximate surface area is 204 Å². The topological polar surface area (TPSA) is 84.7 Å². The molecule has 8 heteroatoms. The fourth-order valence-electron chi connectivity index (χ4n) is 5.19. The average Bonchev–Trinajstić information content (AvgIpc) is 2.88. The highest BCUT2D eigenvalue weighted by atomic mass is 16.5. The molecule has 2 aromatic carbocycles. The normalized spacial score (nSPS) is 21.3. The number of amides is 2. The summed E-state index contributed by atoms with van der Waals surface area (Å²) in [5.74, 6) is -0.162. The molecule has 2 fully saturated rings. The number of piperidine rings is 1. The van der Waals surface area contributed by atoms with E-state index in [-0.39, 0.29) is 41.2 Å². The zero-order valence-corrected chi connectivity index (χ0v) is 20.1. The number of fused-ring (bicyclic) bond motifs is 1. The first kappa shape index (κ1) is 23.2. The fourth-order valence-corrected chi connectivity index (χ4v) is 5.19. The first-order valence-electron chi connectivity index (χ1n) is 12.2. The molecule has 0 radical (unpaired) electrons. The molecule has 3 aromatic rings. The van der Waals surface area contributed by atoms with Gasteiger partial charge in [0.1, 0.15) is 0 Å². The second-order valence-electron chi connectivity index (χ2n) is 9.51. The van der Waals surface area contributed by atoms with Gasteiger partial charge in [0.05, 0.1) is 23.3 Å². The van der Waals surface area contributed by atoms with E-state index in [1.54, 1.807) is 35.2 Å². The second kappa shape index (κ2) is 9.62. The van der Waals surface area contributed by atoms with Crippen molar-refractivity contribution in [3.8, 4) is 5.69 Å². The molecule has 2 aliphatic heterocycles.